The van der Waals surface area contributed by atoms with Gasteiger partial charge in [0.05, 0.1) is 19.0 Å². The van der Waals surface area contributed by atoms with Crippen LogP contribution in [-0.4, -0.2) is 23.6 Å². The van der Waals surface area contributed by atoms with E-state index in [-0.39, 0.29) is 0 Å². The maximum Gasteiger partial charge on any atom is 0.158 e. The minimum atomic E-state index is 0.420. The van der Waals surface area contributed by atoms with E-state index in [0.717, 1.165) is 17.9 Å². The van der Waals surface area contributed by atoms with E-state index in [9.17, 15) is 0 Å². The van der Waals surface area contributed by atoms with Crippen molar-refractivity contribution in [3.8, 4) is 5.75 Å². The molecule has 1 aromatic rings. The van der Waals surface area contributed by atoms with Crippen molar-refractivity contribution in [1.82, 2.24) is 9.97 Å². The van der Waals surface area contributed by atoms with Crippen molar-refractivity contribution < 1.29 is 4.74 Å². The van der Waals surface area contributed by atoms with Crippen molar-refractivity contribution in [2.45, 2.75) is 13.3 Å². The molecule has 1 aromatic heterocycles. The molecule has 1 atom stereocenters. The average Bonchev–Trinajstić information content (AvgIpc) is 2.18. The topological polar surface area (TPSA) is 61.0 Å². The quantitative estimate of drug-likeness (QED) is 0.739. The minimum Gasteiger partial charge on any atom is -0.493 e. The van der Waals surface area contributed by atoms with Gasteiger partial charge in [-0.05, 0) is 18.9 Å². The normalized spacial score (nSPS) is 12.5. The van der Waals surface area contributed by atoms with Gasteiger partial charge in [0.15, 0.2) is 5.75 Å². The van der Waals surface area contributed by atoms with Crippen molar-refractivity contribution in [1.29, 1.82) is 0 Å². The smallest absolute Gasteiger partial charge is 0.158 e. The zero-order chi connectivity index (χ0) is 9.68. The highest BCUT2D eigenvalue weighted by Gasteiger charge is 2.07. The van der Waals surface area contributed by atoms with Gasteiger partial charge in [-0.25, -0.2) is 9.97 Å². The number of aromatic nitrogens is 2. The number of ether oxygens (including phenoxy) is 1. The van der Waals surface area contributed by atoms with Gasteiger partial charge in [0.25, 0.3) is 0 Å². The van der Waals surface area contributed by atoms with Crippen LogP contribution >= 0.6 is 0 Å². The Balaban J connectivity index is 2.74. The second-order valence-electron chi connectivity index (χ2n) is 3.08. The fourth-order valence-electron chi connectivity index (χ4n) is 1.08. The Labute approximate surface area is 78.1 Å². The Bertz CT molecular complexity index is 265. The highest BCUT2D eigenvalue weighted by atomic mass is 16.5. The minimum absolute atomic E-state index is 0.420. The molecule has 1 heterocycles. The number of hydrogen-bond acceptors (Lipinski definition) is 4. The zero-order valence-corrected chi connectivity index (χ0v) is 8.03. The molecular weight excluding hydrogens is 166 g/mol. The lowest BCUT2D eigenvalue weighted by atomic mass is 10.1. The molecule has 0 aliphatic carbocycles. The number of methoxy groups -OCH3 is 1. The van der Waals surface area contributed by atoms with Gasteiger partial charge in [-0.1, -0.05) is 6.92 Å². The Morgan fingerprint density at radius 2 is 2.38 bits per heavy atom. The van der Waals surface area contributed by atoms with Gasteiger partial charge < -0.3 is 10.5 Å². The number of hydrogen-bond donors (Lipinski definition) is 1. The molecule has 0 amide bonds. The number of rotatable bonds is 4. The summed E-state index contributed by atoms with van der Waals surface area (Å²) in [6, 6.07) is 0. The molecule has 4 nitrogen and oxygen atoms in total. The molecule has 0 bridgehead atoms. The van der Waals surface area contributed by atoms with Crippen molar-refractivity contribution in [2.75, 3.05) is 13.7 Å². The van der Waals surface area contributed by atoms with Crippen LogP contribution in [-0.2, 0) is 6.42 Å². The standard InChI is InChI=1S/C9H15N3O/c1-7(4-10)3-8-9(13-2)5-11-6-12-8/h5-7H,3-4,10H2,1-2H3. The summed E-state index contributed by atoms with van der Waals surface area (Å²) in [5.74, 6) is 1.16. The van der Waals surface area contributed by atoms with Gasteiger partial charge in [-0.2, -0.15) is 0 Å². The van der Waals surface area contributed by atoms with Crippen LogP contribution in [0.25, 0.3) is 0 Å². The molecule has 72 valence electrons. The lowest BCUT2D eigenvalue weighted by Gasteiger charge is -2.09. The lowest BCUT2D eigenvalue weighted by molar-refractivity contribution is 0.400. The summed E-state index contributed by atoms with van der Waals surface area (Å²) in [6.07, 6.45) is 4.04. The van der Waals surface area contributed by atoms with Gasteiger partial charge in [-0.15, -0.1) is 0 Å². The van der Waals surface area contributed by atoms with E-state index >= 15 is 0 Å². The van der Waals surface area contributed by atoms with E-state index in [2.05, 4.69) is 16.9 Å². The molecule has 4 heteroatoms. The fraction of sp³-hybridized carbons (Fsp3) is 0.556. The SMILES string of the molecule is COc1cncnc1CC(C)CN. The van der Waals surface area contributed by atoms with E-state index in [4.69, 9.17) is 10.5 Å². The Morgan fingerprint density at radius 3 is 3.00 bits per heavy atom. The van der Waals surface area contributed by atoms with Gasteiger partial charge in [0.2, 0.25) is 0 Å². The van der Waals surface area contributed by atoms with E-state index in [1.165, 1.54) is 6.33 Å². The molecule has 2 N–H and O–H groups in total. The molecule has 1 rings (SSSR count). The maximum atomic E-state index is 5.53. The molecule has 1 unspecified atom stereocenters. The molecule has 0 spiro atoms. The van der Waals surface area contributed by atoms with Crippen LogP contribution in [0.4, 0.5) is 0 Å². The highest BCUT2D eigenvalue weighted by molar-refractivity contribution is 5.23. The third-order valence-electron chi connectivity index (χ3n) is 1.92. The maximum absolute atomic E-state index is 5.53. The van der Waals surface area contributed by atoms with Crippen LogP contribution < -0.4 is 10.5 Å². The molecule has 0 aromatic carbocycles. The van der Waals surface area contributed by atoms with Crippen LogP contribution in [0.2, 0.25) is 0 Å². The molecule has 0 saturated carbocycles. The van der Waals surface area contributed by atoms with Crippen molar-refractivity contribution in [3.63, 3.8) is 0 Å². The first-order chi connectivity index (χ1) is 6.27. The first kappa shape index (κ1) is 9.92. The summed E-state index contributed by atoms with van der Waals surface area (Å²) in [7, 11) is 1.62. The molecular formula is C9H15N3O. The summed E-state index contributed by atoms with van der Waals surface area (Å²) in [6.45, 7) is 2.74. The average molecular weight is 181 g/mol. The zero-order valence-electron chi connectivity index (χ0n) is 8.03. The van der Waals surface area contributed by atoms with Gasteiger partial charge in [0.1, 0.15) is 6.33 Å². The predicted octanol–water partition coefficient (Wildman–Crippen LogP) is 0.622. The van der Waals surface area contributed by atoms with Gasteiger partial charge in [-0.3, -0.25) is 0 Å². The van der Waals surface area contributed by atoms with Crippen LogP contribution in [0.5, 0.6) is 5.75 Å². The molecule has 0 aliphatic rings. The van der Waals surface area contributed by atoms with E-state index in [0.29, 0.717) is 12.5 Å². The Morgan fingerprint density at radius 1 is 1.62 bits per heavy atom. The first-order valence-corrected chi connectivity index (χ1v) is 4.30. The van der Waals surface area contributed by atoms with Crippen molar-refractivity contribution in [3.05, 3.63) is 18.2 Å². The summed E-state index contributed by atoms with van der Waals surface area (Å²) in [5, 5.41) is 0. The second kappa shape index (κ2) is 4.77. The predicted molar refractivity (Wildman–Crippen MR) is 50.5 cm³/mol. The van der Waals surface area contributed by atoms with E-state index in [1.807, 2.05) is 0 Å². The van der Waals surface area contributed by atoms with Gasteiger partial charge >= 0.3 is 0 Å². The highest BCUT2D eigenvalue weighted by Crippen LogP contribution is 2.16. The second-order valence-corrected chi connectivity index (χ2v) is 3.08. The molecule has 13 heavy (non-hydrogen) atoms. The molecule has 0 saturated heterocycles. The molecule has 0 radical (unpaired) electrons. The summed E-state index contributed by atoms with van der Waals surface area (Å²) in [5.41, 5.74) is 6.45. The van der Waals surface area contributed by atoms with Crippen molar-refractivity contribution in [2.24, 2.45) is 11.7 Å². The largest absolute Gasteiger partial charge is 0.493 e. The van der Waals surface area contributed by atoms with E-state index in [1.54, 1.807) is 13.3 Å². The van der Waals surface area contributed by atoms with Gasteiger partial charge in [0, 0.05) is 0 Å². The Hall–Kier alpha value is -1.16. The number of nitrogens with two attached hydrogens (primary N) is 1. The summed E-state index contributed by atoms with van der Waals surface area (Å²) in [4.78, 5) is 8.03. The van der Waals surface area contributed by atoms with Crippen molar-refractivity contribution >= 4 is 0 Å². The fourth-order valence-corrected chi connectivity index (χ4v) is 1.08. The summed E-state index contributed by atoms with van der Waals surface area (Å²) < 4.78 is 5.12. The van der Waals surface area contributed by atoms with Crippen LogP contribution in [0.1, 0.15) is 12.6 Å². The number of nitrogens with zero attached hydrogens (tertiary/aromatic N) is 2. The van der Waals surface area contributed by atoms with E-state index < -0.39 is 0 Å². The summed E-state index contributed by atoms with van der Waals surface area (Å²) >= 11 is 0. The monoisotopic (exact) mass is 181 g/mol. The van der Waals surface area contributed by atoms with Crippen LogP contribution in [0, 0.1) is 5.92 Å². The molecule has 0 fully saturated rings. The third kappa shape index (κ3) is 2.66. The lowest BCUT2D eigenvalue weighted by Crippen LogP contribution is -2.14. The van der Waals surface area contributed by atoms with Crippen LogP contribution in [0.15, 0.2) is 12.5 Å². The van der Waals surface area contributed by atoms with Crippen LogP contribution in [0.3, 0.4) is 0 Å². The molecule has 0 aliphatic heterocycles. The third-order valence-corrected chi connectivity index (χ3v) is 1.92. The first-order valence-electron chi connectivity index (χ1n) is 4.30. The Kier molecular flexibility index (Phi) is 3.64.